The summed E-state index contributed by atoms with van der Waals surface area (Å²) in [5, 5.41) is 14.9. The second-order valence-corrected chi connectivity index (χ2v) is 10.3. The molecule has 8 heteroatoms. The number of rotatable bonds is 6. The number of carboxylic acid groups (broad SMARTS) is 1. The largest absolute Gasteiger partial charge is 0.544 e. The summed E-state index contributed by atoms with van der Waals surface area (Å²) in [6, 6.07) is 20.3. The molecule has 4 aromatic rings. The Hall–Kier alpha value is -3.88. The summed E-state index contributed by atoms with van der Waals surface area (Å²) in [7, 11) is 1.68. The number of nitrogens with one attached hydrogen (secondary N) is 2. The van der Waals surface area contributed by atoms with Crippen molar-refractivity contribution in [3.8, 4) is 5.75 Å². The summed E-state index contributed by atoms with van der Waals surface area (Å²) in [4.78, 5) is 19.1. The van der Waals surface area contributed by atoms with Gasteiger partial charge in [0.15, 0.2) is 6.04 Å². The molecule has 0 aliphatic carbocycles. The lowest BCUT2D eigenvalue weighted by Crippen LogP contribution is -3.13. The Kier molecular flexibility index (Phi) is 6.51. The van der Waals surface area contributed by atoms with E-state index in [-0.39, 0.29) is 11.9 Å². The van der Waals surface area contributed by atoms with E-state index in [0.717, 1.165) is 71.8 Å². The van der Waals surface area contributed by atoms with Gasteiger partial charge in [0.2, 0.25) is 0 Å². The number of methoxy groups -OCH3 is 1. The Morgan fingerprint density at radius 1 is 1.13 bits per heavy atom. The van der Waals surface area contributed by atoms with E-state index >= 15 is 0 Å². The number of nitrogens with zero attached hydrogens (tertiary/aromatic N) is 1. The molecule has 0 radical (unpaired) electrons. The average Bonchev–Trinajstić information content (AvgIpc) is 3.32. The number of carboxylic acids is 1. The minimum absolute atomic E-state index is 0.180. The molecular weight excluding hydrogens is 483 g/mol. The summed E-state index contributed by atoms with van der Waals surface area (Å²) in [5.74, 6) is -0.404. The lowest BCUT2D eigenvalue weighted by molar-refractivity contribution is -0.914. The molecule has 2 aliphatic heterocycles. The molecule has 1 fully saturated rings. The van der Waals surface area contributed by atoms with Crippen molar-refractivity contribution in [1.82, 2.24) is 4.98 Å². The molecule has 3 heterocycles. The molecule has 4 N–H and O–H groups in total. The van der Waals surface area contributed by atoms with Crippen molar-refractivity contribution in [2.24, 2.45) is 0 Å². The monoisotopic (exact) mass is 515 g/mol. The molecule has 196 valence electrons. The van der Waals surface area contributed by atoms with Gasteiger partial charge < -0.3 is 34.7 Å². The van der Waals surface area contributed by atoms with Crippen molar-refractivity contribution in [3.05, 3.63) is 94.9 Å². The summed E-state index contributed by atoms with van der Waals surface area (Å²) in [5.41, 5.74) is 5.89. The predicted molar refractivity (Wildman–Crippen MR) is 141 cm³/mol. The normalized spacial score (nSPS) is 19.9. The van der Waals surface area contributed by atoms with Crippen molar-refractivity contribution in [2.75, 3.05) is 38.2 Å². The summed E-state index contributed by atoms with van der Waals surface area (Å²) >= 11 is 0. The number of carbonyl (C=O) groups is 1. The van der Waals surface area contributed by atoms with Gasteiger partial charge in [0.1, 0.15) is 24.2 Å². The van der Waals surface area contributed by atoms with Crippen LogP contribution in [-0.4, -0.2) is 50.3 Å². The lowest BCUT2D eigenvalue weighted by atomic mass is 9.89. The molecular formula is C30H32FN4O3+. The van der Waals surface area contributed by atoms with Gasteiger partial charge in [-0.25, -0.2) is 4.39 Å². The molecule has 1 saturated heterocycles. The van der Waals surface area contributed by atoms with Crippen LogP contribution < -0.4 is 25.0 Å². The fraction of sp³-hybridized carbons (Fsp3) is 0.300. The first-order valence-corrected chi connectivity index (χ1v) is 13.2. The zero-order valence-corrected chi connectivity index (χ0v) is 21.4. The van der Waals surface area contributed by atoms with Gasteiger partial charge in [-0.3, -0.25) is 0 Å². The molecule has 6 rings (SSSR count). The molecule has 0 unspecified atom stereocenters. The van der Waals surface area contributed by atoms with Gasteiger partial charge in [-0.15, -0.1) is 0 Å². The first kappa shape index (κ1) is 24.5. The maximum absolute atomic E-state index is 14.3. The quantitative estimate of drug-likeness (QED) is 0.350. The zero-order valence-electron chi connectivity index (χ0n) is 21.4. The number of halogens is 1. The van der Waals surface area contributed by atoms with Gasteiger partial charge in [-0.1, -0.05) is 30.3 Å². The number of ether oxygens (including phenoxy) is 1. The summed E-state index contributed by atoms with van der Waals surface area (Å²) in [6.07, 6.45) is 0.428. The van der Waals surface area contributed by atoms with Crippen LogP contribution in [0.4, 0.5) is 10.1 Å². The number of aromatic amines is 1. The Morgan fingerprint density at radius 2 is 1.89 bits per heavy atom. The molecule has 0 saturated carbocycles. The van der Waals surface area contributed by atoms with E-state index in [4.69, 9.17) is 4.74 Å². The Balaban J connectivity index is 1.27. The number of aromatic nitrogens is 1. The number of nitrogens with two attached hydrogens (primary N) is 1. The highest BCUT2D eigenvalue weighted by Gasteiger charge is 2.35. The summed E-state index contributed by atoms with van der Waals surface area (Å²) < 4.78 is 20.0. The van der Waals surface area contributed by atoms with Crippen molar-refractivity contribution < 1.29 is 29.2 Å². The average molecular weight is 516 g/mol. The number of anilines is 1. The molecule has 38 heavy (non-hydrogen) atoms. The molecule has 0 bridgehead atoms. The number of benzene rings is 3. The Morgan fingerprint density at radius 3 is 2.66 bits per heavy atom. The predicted octanol–water partition coefficient (Wildman–Crippen LogP) is 0.548. The van der Waals surface area contributed by atoms with Gasteiger partial charge in [0, 0.05) is 28.5 Å². The minimum Gasteiger partial charge on any atom is -0.544 e. The third-order valence-corrected chi connectivity index (χ3v) is 8.08. The number of H-pyrrole nitrogens is 1. The molecule has 7 nitrogen and oxygen atoms in total. The number of hydrogen-bond donors (Lipinski definition) is 3. The number of para-hydroxylation sites is 2. The standard InChI is InChI=1S/C30H31FN4O3/c1-38-27-11-10-19(16-20(27)18-34-12-14-35(15-13-34)26-9-5-3-7-23(26)31)28-29-22(17-25(33-28)30(36)37)21-6-2-4-8-24(21)32-29/h2-11,16,25,28,32-33H,12-15,17-18H2,1H3,(H,36,37)/p+1/t25-,28+/m0/s1. The van der Waals surface area contributed by atoms with E-state index in [1.54, 1.807) is 13.2 Å². The van der Waals surface area contributed by atoms with Gasteiger partial charge in [0.05, 0.1) is 50.6 Å². The molecule has 1 aromatic heterocycles. The number of quaternary nitrogens is 2. The number of carbonyl (C=O) groups excluding carboxylic acids is 1. The topological polar surface area (TPSA) is 89.4 Å². The Labute approximate surface area is 220 Å². The van der Waals surface area contributed by atoms with Crippen LogP contribution >= 0.6 is 0 Å². The summed E-state index contributed by atoms with van der Waals surface area (Å²) in [6.45, 7) is 4.10. The first-order valence-electron chi connectivity index (χ1n) is 13.2. The Bertz CT molecular complexity index is 1480. The number of piperazine rings is 1. The smallest absolute Gasteiger partial charge is 0.153 e. The number of fused-ring (bicyclic) bond motifs is 3. The van der Waals surface area contributed by atoms with E-state index < -0.39 is 12.0 Å². The van der Waals surface area contributed by atoms with Crippen LogP contribution in [0.1, 0.15) is 28.4 Å². The molecule has 3 aromatic carbocycles. The molecule has 0 amide bonds. The number of hydrogen-bond acceptors (Lipinski definition) is 4. The van der Waals surface area contributed by atoms with Gasteiger partial charge in [-0.2, -0.15) is 0 Å². The van der Waals surface area contributed by atoms with E-state index in [1.165, 1.54) is 11.0 Å². The van der Waals surface area contributed by atoms with E-state index in [1.807, 2.05) is 53.8 Å². The van der Waals surface area contributed by atoms with Crippen molar-refractivity contribution in [2.45, 2.75) is 25.0 Å². The maximum Gasteiger partial charge on any atom is 0.153 e. The van der Waals surface area contributed by atoms with E-state index in [2.05, 4.69) is 16.0 Å². The molecule has 2 aliphatic rings. The fourth-order valence-electron chi connectivity index (χ4n) is 6.11. The van der Waals surface area contributed by atoms with Crippen LogP contribution in [0.5, 0.6) is 5.75 Å². The fourth-order valence-corrected chi connectivity index (χ4v) is 6.11. The van der Waals surface area contributed by atoms with Crippen LogP contribution in [0.25, 0.3) is 10.9 Å². The highest BCUT2D eigenvalue weighted by Crippen LogP contribution is 2.33. The third-order valence-electron chi connectivity index (χ3n) is 8.08. The third kappa shape index (κ3) is 4.50. The van der Waals surface area contributed by atoms with Crippen LogP contribution in [-0.2, 0) is 17.8 Å². The van der Waals surface area contributed by atoms with Crippen molar-refractivity contribution >= 4 is 22.6 Å². The van der Waals surface area contributed by atoms with Crippen molar-refractivity contribution in [1.29, 1.82) is 0 Å². The van der Waals surface area contributed by atoms with Crippen LogP contribution in [0.3, 0.4) is 0 Å². The van der Waals surface area contributed by atoms with Crippen molar-refractivity contribution in [3.63, 3.8) is 0 Å². The van der Waals surface area contributed by atoms with Crippen LogP contribution in [0, 0.1) is 5.82 Å². The van der Waals surface area contributed by atoms with Gasteiger partial charge in [-0.05, 0) is 42.0 Å². The van der Waals surface area contributed by atoms with Gasteiger partial charge in [0.25, 0.3) is 0 Å². The zero-order chi connectivity index (χ0) is 26.2. The van der Waals surface area contributed by atoms with E-state index in [0.29, 0.717) is 12.1 Å². The van der Waals surface area contributed by atoms with Gasteiger partial charge >= 0.3 is 0 Å². The SMILES string of the molecule is COc1ccc([C@H]2[NH2+][C@H](C(=O)[O-])Cc3c2[nH]c2ccccc32)cc1C[NH+]1CCN(c2ccccc2F)CC1. The molecule has 0 spiro atoms. The molecule has 2 atom stereocenters. The first-order chi connectivity index (χ1) is 18.5. The second-order valence-electron chi connectivity index (χ2n) is 10.3. The number of aliphatic carboxylic acids is 1. The highest BCUT2D eigenvalue weighted by atomic mass is 19.1. The lowest BCUT2D eigenvalue weighted by Gasteiger charge is -2.34. The van der Waals surface area contributed by atoms with Crippen LogP contribution in [0.2, 0.25) is 0 Å². The second kappa shape index (κ2) is 10.1. The van der Waals surface area contributed by atoms with Crippen LogP contribution in [0.15, 0.2) is 66.7 Å². The highest BCUT2D eigenvalue weighted by molar-refractivity contribution is 5.86. The maximum atomic E-state index is 14.3. The minimum atomic E-state index is -1.04. The van der Waals surface area contributed by atoms with E-state index in [9.17, 15) is 14.3 Å².